The van der Waals surface area contributed by atoms with Crippen LogP contribution in [-0.4, -0.2) is 29.8 Å². The van der Waals surface area contributed by atoms with E-state index >= 15 is 0 Å². The highest BCUT2D eigenvalue weighted by Crippen LogP contribution is 2.48. The minimum atomic E-state index is -0.781. The first-order valence-electron chi connectivity index (χ1n) is 5.94. The highest BCUT2D eigenvalue weighted by atomic mass is 35.5. The molecule has 0 aromatic heterocycles. The number of nitrogens with one attached hydrogen (secondary N) is 1. The molecule has 2 aliphatic heterocycles. The zero-order valence-electron chi connectivity index (χ0n) is 9.89. The fourth-order valence-corrected chi connectivity index (χ4v) is 2.97. The van der Waals surface area contributed by atoms with Gasteiger partial charge in [-0.1, -0.05) is 18.2 Å². The Hall–Kier alpha value is -1.26. The van der Waals surface area contributed by atoms with Crippen molar-refractivity contribution in [3.63, 3.8) is 0 Å². The van der Waals surface area contributed by atoms with Gasteiger partial charge < -0.3 is 15.2 Å². The summed E-state index contributed by atoms with van der Waals surface area (Å²) < 4.78 is 5.99. The van der Waals surface area contributed by atoms with Crippen molar-refractivity contribution in [2.24, 2.45) is 0 Å². The number of hydrogen-bond acceptors (Lipinski definition) is 3. The molecule has 2 aliphatic rings. The Morgan fingerprint density at radius 3 is 2.67 bits per heavy atom. The number of ether oxygens (including phenoxy) is 1. The summed E-state index contributed by atoms with van der Waals surface area (Å²) in [5.41, 5.74) is 0.280. The number of halogens is 1. The van der Waals surface area contributed by atoms with Crippen molar-refractivity contribution < 1.29 is 14.6 Å². The van der Waals surface area contributed by atoms with E-state index in [0.717, 1.165) is 37.2 Å². The fourth-order valence-electron chi connectivity index (χ4n) is 2.97. The van der Waals surface area contributed by atoms with E-state index in [1.807, 2.05) is 24.3 Å². The monoisotopic (exact) mass is 269 g/mol. The number of carboxylic acids is 1. The van der Waals surface area contributed by atoms with Gasteiger partial charge in [0.25, 0.3) is 0 Å². The molecule has 0 saturated carbocycles. The van der Waals surface area contributed by atoms with Crippen molar-refractivity contribution in [1.29, 1.82) is 0 Å². The second-order valence-electron chi connectivity index (χ2n) is 4.73. The van der Waals surface area contributed by atoms with Gasteiger partial charge in [-0.3, -0.25) is 4.79 Å². The van der Waals surface area contributed by atoms with Crippen molar-refractivity contribution >= 4 is 18.4 Å². The molecule has 1 aromatic rings. The van der Waals surface area contributed by atoms with Gasteiger partial charge in [-0.15, -0.1) is 12.4 Å². The quantitative estimate of drug-likeness (QED) is 0.816. The van der Waals surface area contributed by atoms with E-state index in [1.54, 1.807) is 0 Å². The topological polar surface area (TPSA) is 58.6 Å². The molecule has 98 valence electrons. The predicted octanol–water partition coefficient (Wildman–Crippen LogP) is 1.79. The van der Waals surface area contributed by atoms with Gasteiger partial charge in [0.2, 0.25) is 0 Å². The SMILES string of the molecule is Cl.O=C(O)C1c2ccccc2OC12CCNCC2. The Bertz CT molecular complexity index is 457. The third-order valence-electron chi connectivity index (χ3n) is 3.77. The minimum Gasteiger partial charge on any atom is -0.486 e. The molecule has 4 nitrogen and oxygen atoms in total. The second-order valence-corrected chi connectivity index (χ2v) is 4.73. The van der Waals surface area contributed by atoms with Gasteiger partial charge in [0.15, 0.2) is 0 Å². The molecule has 0 bridgehead atoms. The average Bonchev–Trinajstić information content (AvgIpc) is 2.63. The van der Waals surface area contributed by atoms with E-state index < -0.39 is 17.5 Å². The van der Waals surface area contributed by atoms with Crippen LogP contribution in [0.25, 0.3) is 0 Å². The summed E-state index contributed by atoms with van der Waals surface area (Å²) in [6.07, 6.45) is 1.50. The standard InChI is InChI=1S/C13H15NO3.ClH/c15-12(16)11-9-3-1-2-4-10(9)17-13(11)5-7-14-8-6-13;/h1-4,11,14H,5-8H2,(H,15,16);1H. The Labute approximate surface area is 112 Å². The van der Waals surface area contributed by atoms with Gasteiger partial charge in [0.05, 0.1) is 0 Å². The molecule has 0 aliphatic carbocycles. The summed E-state index contributed by atoms with van der Waals surface area (Å²) in [5.74, 6) is -0.570. The Morgan fingerprint density at radius 1 is 1.33 bits per heavy atom. The third kappa shape index (κ3) is 1.85. The molecule has 1 saturated heterocycles. The van der Waals surface area contributed by atoms with E-state index in [2.05, 4.69) is 5.32 Å². The zero-order valence-corrected chi connectivity index (χ0v) is 10.7. The summed E-state index contributed by atoms with van der Waals surface area (Å²) in [4.78, 5) is 11.5. The molecule has 3 rings (SSSR count). The van der Waals surface area contributed by atoms with E-state index in [1.165, 1.54) is 0 Å². The molecule has 1 atom stereocenters. The maximum Gasteiger partial charge on any atom is 0.315 e. The van der Waals surface area contributed by atoms with Crippen LogP contribution in [-0.2, 0) is 4.79 Å². The third-order valence-corrected chi connectivity index (χ3v) is 3.77. The van der Waals surface area contributed by atoms with Crippen LogP contribution in [0.3, 0.4) is 0 Å². The molecule has 18 heavy (non-hydrogen) atoms. The van der Waals surface area contributed by atoms with E-state index in [4.69, 9.17) is 4.74 Å². The number of aliphatic carboxylic acids is 1. The lowest BCUT2D eigenvalue weighted by Crippen LogP contribution is -2.49. The molecule has 1 fully saturated rings. The van der Waals surface area contributed by atoms with E-state index in [0.29, 0.717) is 0 Å². The van der Waals surface area contributed by atoms with Crippen LogP contribution in [0.15, 0.2) is 24.3 Å². The fraction of sp³-hybridized carbons (Fsp3) is 0.462. The van der Waals surface area contributed by atoms with Crippen LogP contribution >= 0.6 is 12.4 Å². The maximum atomic E-state index is 11.5. The molecule has 0 amide bonds. The number of rotatable bonds is 1. The number of carbonyl (C=O) groups is 1. The van der Waals surface area contributed by atoms with Crippen molar-refractivity contribution in [2.45, 2.75) is 24.4 Å². The van der Waals surface area contributed by atoms with Gasteiger partial charge in [0.1, 0.15) is 17.3 Å². The van der Waals surface area contributed by atoms with Crippen LogP contribution in [0.4, 0.5) is 0 Å². The number of piperidine rings is 1. The number of fused-ring (bicyclic) bond motifs is 1. The van der Waals surface area contributed by atoms with Gasteiger partial charge in [-0.2, -0.15) is 0 Å². The van der Waals surface area contributed by atoms with Crippen LogP contribution in [0.5, 0.6) is 5.75 Å². The molecule has 1 spiro atoms. The molecule has 1 unspecified atom stereocenters. The molecular formula is C13H16ClNO3. The van der Waals surface area contributed by atoms with Crippen molar-refractivity contribution in [3.8, 4) is 5.75 Å². The van der Waals surface area contributed by atoms with Crippen LogP contribution in [0.2, 0.25) is 0 Å². The number of benzene rings is 1. The summed E-state index contributed by atoms with van der Waals surface area (Å²) in [6, 6.07) is 7.49. The molecule has 0 radical (unpaired) electrons. The Morgan fingerprint density at radius 2 is 2.00 bits per heavy atom. The number of carboxylic acid groups (broad SMARTS) is 1. The van der Waals surface area contributed by atoms with Crippen LogP contribution in [0.1, 0.15) is 24.3 Å². The lowest BCUT2D eigenvalue weighted by atomic mass is 9.78. The van der Waals surface area contributed by atoms with Crippen molar-refractivity contribution in [2.75, 3.05) is 13.1 Å². The molecule has 2 N–H and O–H groups in total. The Balaban J connectivity index is 0.00000120. The van der Waals surface area contributed by atoms with Crippen molar-refractivity contribution in [1.82, 2.24) is 5.32 Å². The van der Waals surface area contributed by atoms with Gasteiger partial charge in [-0.25, -0.2) is 0 Å². The van der Waals surface area contributed by atoms with Crippen molar-refractivity contribution in [3.05, 3.63) is 29.8 Å². The maximum absolute atomic E-state index is 11.5. The van der Waals surface area contributed by atoms with E-state index in [-0.39, 0.29) is 12.4 Å². The lowest BCUT2D eigenvalue weighted by molar-refractivity contribution is -0.144. The summed E-state index contributed by atoms with van der Waals surface area (Å²) >= 11 is 0. The lowest BCUT2D eigenvalue weighted by Gasteiger charge is -2.36. The first-order chi connectivity index (χ1) is 8.23. The highest BCUT2D eigenvalue weighted by molar-refractivity contribution is 5.85. The number of para-hydroxylation sites is 1. The first kappa shape index (κ1) is 13.2. The zero-order chi connectivity index (χ0) is 11.9. The normalized spacial score (nSPS) is 23.9. The van der Waals surface area contributed by atoms with Crippen LogP contribution < -0.4 is 10.1 Å². The second kappa shape index (κ2) is 4.78. The largest absolute Gasteiger partial charge is 0.486 e. The smallest absolute Gasteiger partial charge is 0.315 e. The molecule has 5 heteroatoms. The highest BCUT2D eigenvalue weighted by Gasteiger charge is 2.52. The predicted molar refractivity (Wildman–Crippen MR) is 69.5 cm³/mol. The molecule has 2 heterocycles. The average molecular weight is 270 g/mol. The number of hydrogen-bond donors (Lipinski definition) is 2. The van der Waals surface area contributed by atoms with Gasteiger partial charge in [0, 0.05) is 18.4 Å². The summed E-state index contributed by atoms with van der Waals surface area (Å²) in [7, 11) is 0. The minimum absolute atomic E-state index is 0. The van der Waals surface area contributed by atoms with Crippen LogP contribution in [0, 0.1) is 0 Å². The van der Waals surface area contributed by atoms with E-state index in [9.17, 15) is 9.90 Å². The Kier molecular flexibility index (Phi) is 3.50. The molecule has 1 aromatic carbocycles. The summed E-state index contributed by atoms with van der Waals surface area (Å²) in [5, 5.41) is 12.7. The first-order valence-corrected chi connectivity index (χ1v) is 5.94. The molecular weight excluding hydrogens is 254 g/mol. The summed E-state index contributed by atoms with van der Waals surface area (Å²) in [6.45, 7) is 1.63. The van der Waals surface area contributed by atoms with Gasteiger partial charge in [-0.05, 0) is 19.2 Å². The van der Waals surface area contributed by atoms with Gasteiger partial charge >= 0.3 is 5.97 Å².